The minimum Gasteiger partial charge on any atom is -0.495 e. The molecule has 19 heavy (non-hydrogen) atoms. The van der Waals surface area contributed by atoms with Crippen LogP contribution in [0.25, 0.3) is 0 Å². The molecule has 108 valence electrons. The van der Waals surface area contributed by atoms with Crippen LogP contribution in [0.2, 0.25) is 0 Å². The Morgan fingerprint density at radius 1 is 1.42 bits per heavy atom. The Hall–Kier alpha value is -1.35. The van der Waals surface area contributed by atoms with Crippen molar-refractivity contribution in [3.05, 3.63) is 18.2 Å². The van der Waals surface area contributed by atoms with Gasteiger partial charge in [-0.3, -0.25) is 0 Å². The summed E-state index contributed by atoms with van der Waals surface area (Å²) in [5.74, 6) is 0.177. The highest BCUT2D eigenvalue weighted by Gasteiger charge is 2.23. The first-order valence-electron chi connectivity index (χ1n) is 5.50. The number of hydrogen-bond acceptors (Lipinski definition) is 6. The molecule has 1 aromatic carbocycles. The van der Waals surface area contributed by atoms with E-state index in [1.165, 1.54) is 32.4 Å². The van der Waals surface area contributed by atoms with E-state index < -0.39 is 16.1 Å². The molecule has 0 fully saturated rings. The van der Waals surface area contributed by atoms with Crippen LogP contribution in [-0.2, 0) is 14.8 Å². The minimum atomic E-state index is -3.85. The number of benzene rings is 1. The zero-order valence-corrected chi connectivity index (χ0v) is 11.6. The van der Waals surface area contributed by atoms with Gasteiger partial charge in [0.25, 0.3) is 0 Å². The normalized spacial score (nSPS) is 13.2. The molecular formula is C11H18N2O5S. The van der Waals surface area contributed by atoms with E-state index in [9.17, 15) is 8.42 Å². The number of ether oxygens (including phenoxy) is 2. The number of nitrogen functional groups attached to an aromatic ring is 1. The second kappa shape index (κ2) is 6.71. The molecule has 0 aliphatic heterocycles. The van der Waals surface area contributed by atoms with E-state index in [2.05, 4.69) is 4.72 Å². The summed E-state index contributed by atoms with van der Waals surface area (Å²) in [5.41, 5.74) is 5.88. The van der Waals surface area contributed by atoms with Gasteiger partial charge in [-0.15, -0.1) is 0 Å². The molecule has 8 heteroatoms. The van der Waals surface area contributed by atoms with Crippen molar-refractivity contribution < 1.29 is 23.0 Å². The van der Waals surface area contributed by atoms with Crippen LogP contribution >= 0.6 is 0 Å². The van der Waals surface area contributed by atoms with Crippen molar-refractivity contribution in [3.8, 4) is 5.75 Å². The third kappa shape index (κ3) is 4.06. The van der Waals surface area contributed by atoms with Crippen LogP contribution in [0.15, 0.2) is 23.1 Å². The fraction of sp³-hybridized carbons (Fsp3) is 0.455. The number of aliphatic hydroxyl groups excluding tert-OH is 1. The molecule has 0 saturated heterocycles. The van der Waals surface area contributed by atoms with Crippen LogP contribution < -0.4 is 15.2 Å². The van der Waals surface area contributed by atoms with Gasteiger partial charge in [-0.1, -0.05) is 0 Å². The lowest BCUT2D eigenvalue weighted by Crippen LogP contribution is -2.40. The fourth-order valence-corrected chi connectivity index (χ4v) is 2.93. The lowest BCUT2D eigenvalue weighted by molar-refractivity contribution is 0.139. The molecule has 1 aromatic rings. The monoisotopic (exact) mass is 290 g/mol. The fourth-order valence-electron chi connectivity index (χ4n) is 1.51. The van der Waals surface area contributed by atoms with E-state index in [0.717, 1.165) is 0 Å². The predicted octanol–water partition coefficient (Wildman–Crippen LogP) is -0.437. The van der Waals surface area contributed by atoms with Crippen molar-refractivity contribution in [1.29, 1.82) is 0 Å². The number of sulfonamides is 1. The standard InChI is InChI=1S/C11H18N2O5S/c1-17-7-9(6-14)13-19(15,16)11-5-8(12)3-4-10(11)18-2/h3-5,9,13-14H,6-7,12H2,1-2H3. The Morgan fingerprint density at radius 2 is 2.11 bits per heavy atom. The van der Waals surface area contributed by atoms with Crippen molar-refractivity contribution >= 4 is 15.7 Å². The average molecular weight is 290 g/mol. The Balaban J connectivity index is 3.09. The van der Waals surface area contributed by atoms with Gasteiger partial charge in [0.1, 0.15) is 10.6 Å². The maximum absolute atomic E-state index is 12.2. The van der Waals surface area contributed by atoms with Crippen LogP contribution in [0.5, 0.6) is 5.75 Å². The van der Waals surface area contributed by atoms with Crippen LogP contribution in [0, 0.1) is 0 Å². The molecule has 1 rings (SSSR count). The molecule has 0 radical (unpaired) electrons. The summed E-state index contributed by atoms with van der Waals surface area (Å²) in [6, 6.07) is 3.56. The number of anilines is 1. The van der Waals surface area contributed by atoms with E-state index >= 15 is 0 Å². The Labute approximate surface area is 112 Å². The topological polar surface area (TPSA) is 111 Å². The summed E-state index contributed by atoms with van der Waals surface area (Å²) in [6.07, 6.45) is 0. The molecule has 1 atom stereocenters. The second-order valence-corrected chi connectivity index (χ2v) is 5.55. The van der Waals surface area contributed by atoms with Crippen molar-refractivity contribution in [3.63, 3.8) is 0 Å². The maximum atomic E-state index is 12.2. The van der Waals surface area contributed by atoms with Gasteiger partial charge >= 0.3 is 0 Å². The molecule has 1 unspecified atom stereocenters. The van der Waals surface area contributed by atoms with Crippen molar-refractivity contribution in [2.45, 2.75) is 10.9 Å². The van der Waals surface area contributed by atoms with Gasteiger partial charge in [0, 0.05) is 12.8 Å². The Bertz CT molecular complexity index is 518. The van der Waals surface area contributed by atoms with Gasteiger partial charge in [0.05, 0.1) is 26.4 Å². The molecule has 0 bridgehead atoms. The molecule has 4 N–H and O–H groups in total. The summed E-state index contributed by atoms with van der Waals surface area (Å²) in [6.45, 7) is -0.321. The molecule has 0 saturated carbocycles. The lowest BCUT2D eigenvalue weighted by Gasteiger charge is -2.17. The number of methoxy groups -OCH3 is 2. The maximum Gasteiger partial charge on any atom is 0.244 e. The minimum absolute atomic E-state index is 0.0559. The first kappa shape index (κ1) is 15.7. The SMILES string of the molecule is COCC(CO)NS(=O)(=O)c1cc(N)ccc1OC. The molecule has 0 aliphatic carbocycles. The zero-order valence-electron chi connectivity index (χ0n) is 10.8. The van der Waals surface area contributed by atoms with E-state index in [-0.39, 0.29) is 23.9 Å². The van der Waals surface area contributed by atoms with Gasteiger partial charge < -0.3 is 20.3 Å². The van der Waals surface area contributed by atoms with Gasteiger partial charge in [-0.05, 0) is 18.2 Å². The first-order valence-corrected chi connectivity index (χ1v) is 6.98. The van der Waals surface area contributed by atoms with Crippen molar-refractivity contribution in [2.75, 3.05) is 33.2 Å². The molecular weight excluding hydrogens is 272 g/mol. The number of nitrogens with two attached hydrogens (primary N) is 1. The van der Waals surface area contributed by atoms with Gasteiger partial charge in [-0.25, -0.2) is 13.1 Å². The predicted molar refractivity (Wildman–Crippen MR) is 70.5 cm³/mol. The van der Waals surface area contributed by atoms with E-state index in [1.54, 1.807) is 0 Å². The number of hydrogen-bond donors (Lipinski definition) is 3. The smallest absolute Gasteiger partial charge is 0.244 e. The molecule has 0 spiro atoms. The quantitative estimate of drug-likeness (QED) is 0.587. The Kier molecular flexibility index (Phi) is 5.55. The Morgan fingerprint density at radius 3 is 2.63 bits per heavy atom. The zero-order chi connectivity index (χ0) is 14.5. The first-order chi connectivity index (χ1) is 8.94. The van der Waals surface area contributed by atoms with Crippen LogP contribution in [-0.4, -0.2) is 47.0 Å². The summed E-state index contributed by atoms with van der Waals surface area (Å²) in [7, 11) is -1.08. The van der Waals surface area contributed by atoms with Crippen LogP contribution in [0.1, 0.15) is 0 Å². The highest BCUT2D eigenvalue weighted by molar-refractivity contribution is 7.89. The summed E-state index contributed by atoms with van der Waals surface area (Å²) < 4.78 is 36.5. The second-order valence-electron chi connectivity index (χ2n) is 3.87. The number of rotatable bonds is 7. The number of aliphatic hydroxyl groups is 1. The highest BCUT2D eigenvalue weighted by Crippen LogP contribution is 2.25. The number of nitrogens with one attached hydrogen (secondary N) is 1. The average Bonchev–Trinajstić information content (AvgIpc) is 2.38. The molecule has 0 aromatic heterocycles. The van der Waals surface area contributed by atoms with Gasteiger partial charge in [-0.2, -0.15) is 0 Å². The third-order valence-electron chi connectivity index (χ3n) is 2.39. The lowest BCUT2D eigenvalue weighted by atomic mass is 10.3. The van der Waals surface area contributed by atoms with E-state index in [0.29, 0.717) is 5.69 Å². The van der Waals surface area contributed by atoms with Crippen molar-refractivity contribution in [1.82, 2.24) is 4.72 Å². The third-order valence-corrected chi connectivity index (χ3v) is 3.93. The van der Waals surface area contributed by atoms with Crippen molar-refractivity contribution in [2.24, 2.45) is 0 Å². The largest absolute Gasteiger partial charge is 0.495 e. The van der Waals surface area contributed by atoms with Crippen LogP contribution in [0.3, 0.4) is 0 Å². The summed E-state index contributed by atoms with van der Waals surface area (Å²) in [4.78, 5) is -0.0791. The molecule has 0 heterocycles. The van der Waals surface area contributed by atoms with E-state index in [1.807, 2.05) is 0 Å². The van der Waals surface area contributed by atoms with Crippen LogP contribution in [0.4, 0.5) is 5.69 Å². The molecule has 7 nitrogen and oxygen atoms in total. The molecule has 0 amide bonds. The summed E-state index contributed by atoms with van der Waals surface area (Å²) >= 11 is 0. The van der Waals surface area contributed by atoms with E-state index in [4.69, 9.17) is 20.3 Å². The highest BCUT2D eigenvalue weighted by atomic mass is 32.2. The molecule has 0 aliphatic rings. The van der Waals surface area contributed by atoms with Gasteiger partial charge in [0.2, 0.25) is 10.0 Å². The van der Waals surface area contributed by atoms with Gasteiger partial charge in [0.15, 0.2) is 0 Å². The summed E-state index contributed by atoms with van der Waals surface area (Å²) in [5, 5.41) is 9.09.